The predicted molar refractivity (Wildman–Crippen MR) is 92.0 cm³/mol. The molecule has 4 heterocycles. The maximum atomic E-state index is 12.7. The molecule has 1 amide bonds. The second-order valence-corrected chi connectivity index (χ2v) is 7.42. The monoisotopic (exact) mass is 343 g/mol. The molecule has 2 aliphatic rings. The highest BCUT2D eigenvalue weighted by Gasteiger charge is 2.39. The summed E-state index contributed by atoms with van der Waals surface area (Å²) < 4.78 is 7.09. The Balaban J connectivity index is 1.41. The Labute approximate surface area is 147 Å². The molecule has 2 aliphatic heterocycles. The lowest BCUT2D eigenvalue weighted by atomic mass is 9.88. The number of hydrogen-bond acceptors (Lipinski definition) is 5. The average molecular weight is 343 g/mol. The summed E-state index contributed by atoms with van der Waals surface area (Å²) in [5, 5.41) is 4.06. The molecule has 0 bridgehead atoms. The highest BCUT2D eigenvalue weighted by Crippen LogP contribution is 2.32. The Bertz CT molecular complexity index is 761. The molecule has 2 atom stereocenters. The summed E-state index contributed by atoms with van der Waals surface area (Å²) in [5.41, 5.74) is 2.19. The number of hydrogen-bond donors (Lipinski definition) is 0. The minimum absolute atomic E-state index is 0.0548. The number of carbonyl (C=O) groups is 1. The molecule has 25 heavy (non-hydrogen) atoms. The third-order valence-electron chi connectivity index (χ3n) is 5.75. The predicted octanol–water partition coefficient (Wildman–Crippen LogP) is 1.62. The van der Waals surface area contributed by atoms with Gasteiger partial charge in [0.1, 0.15) is 5.76 Å². The van der Waals surface area contributed by atoms with Gasteiger partial charge in [0.15, 0.2) is 5.82 Å². The van der Waals surface area contributed by atoms with E-state index < -0.39 is 0 Å². The van der Waals surface area contributed by atoms with Gasteiger partial charge >= 0.3 is 0 Å². The first-order valence-electron chi connectivity index (χ1n) is 8.93. The lowest BCUT2D eigenvalue weighted by Gasteiger charge is -2.34. The van der Waals surface area contributed by atoms with Crippen molar-refractivity contribution in [3.8, 4) is 0 Å². The van der Waals surface area contributed by atoms with Crippen molar-refractivity contribution in [3.05, 3.63) is 35.2 Å². The number of aryl methyl sites for hydroxylation is 3. The van der Waals surface area contributed by atoms with Crippen molar-refractivity contribution in [1.29, 1.82) is 0 Å². The molecular weight excluding hydrogens is 318 g/mol. The number of amides is 1. The molecule has 0 radical (unpaired) electrons. The molecule has 0 unspecified atom stereocenters. The molecule has 0 N–H and O–H groups in total. The van der Waals surface area contributed by atoms with Crippen LogP contribution < -0.4 is 0 Å². The molecule has 0 saturated carbocycles. The zero-order valence-corrected chi connectivity index (χ0v) is 15.1. The Morgan fingerprint density at radius 2 is 2.08 bits per heavy atom. The lowest BCUT2D eigenvalue weighted by Crippen LogP contribution is -2.39. The maximum absolute atomic E-state index is 12.7. The Hall–Kier alpha value is -2.15. The van der Waals surface area contributed by atoms with Crippen molar-refractivity contribution in [1.82, 2.24) is 24.5 Å². The van der Waals surface area contributed by atoms with Crippen molar-refractivity contribution in [2.75, 3.05) is 26.2 Å². The highest BCUT2D eigenvalue weighted by atomic mass is 16.5. The van der Waals surface area contributed by atoms with Crippen molar-refractivity contribution >= 4 is 5.91 Å². The smallest absolute Gasteiger partial charge is 0.289 e. The number of piperidine rings is 1. The molecule has 7 nitrogen and oxygen atoms in total. The molecule has 2 saturated heterocycles. The fourth-order valence-electron chi connectivity index (χ4n) is 4.22. The minimum Gasteiger partial charge on any atom is -0.361 e. The first kappa shape index (κ1) is 16.3. The first-order chi connectivity index (χ1) is 12.0. The van der Waals surface area contributed by atoms with Crippen LogP contribution in [0, 0.1) is 25.7 Å². The summed E-state index contributed by atoms with van der Waals surface area (Å²) >= 11 is 0. The van der Waals surface area contributed by atoms with Gasteiger partial charge in [-0.15, -0.1) is 0 Å². The van der Waals surface area contributed by atoms with Gasteiger partial charge in [-0.3, -0.25) is 9.69 Å². The number of rotatable bonds is 3. The van der Waals surface area contributed by atoms with Crippen LogP contribution in [0.15, 0.2) is 16.9 Å². The van der Waals surface area contributed by atoms with E-state index in [2.05, 4.69) is 15.0 Å². The van der Waals surface area contributed by atoms with Crippen molar-refractivity contribution in [2.24, 2.45) is 18.9 Å². The van der Waals surface area contributed by atoms with Crippen molar-refractivity contribution in [2.45, 2.75) is 26.8 Å². The van der Waals surface area contributed by atoms with E-state index in [1.807, 2.05) is 32.0 Å². The van der Waals surface area contributed by atoms with Crippen LogP contribution in [0.3, 0.4) is 0 Å². The average Bonchev–Trinajstić information content (AvgIpc) is 3.28. The first-order valence-corrected chi connectivity index (χ1v) is 8.93. The van der Waals surface area contributed by atoms with Gasteiger partial charge in [0.2, 0.25) is 0 Å². The van der Waals surface area contributed by atoms with E-state index in [1.54, 1.807) is 10.8 Å². The van der Waals surface area contributed by atoms with Crippen LogP contribution in [0.2, 0.25) is 0 Å². The third-order valence-corrected chi connectivity index (χ3v) is 5.75. The van der Waals surface area contributed by atoms with Gasteiger partial charge in [0.05, 0.1) is 5.69 Å². The number of aromatic nitrogens is 3. The largest absolute Gasteiger partial charge is 0.361 e. The molecule has 0 aromatic carbocycles. The molecule has 134 valence electrons. The normalized spacial score (nSPS) is 23.9. The van der Waals surface area contributed by atoms with Gasteiger partial charge in [-0.05, 0) is 38.6 Å². The number of carbonyl (C=O) groups excluding carboxylic acids is 1. The Morgan fingerprint density at radius 1 is 1.28 bits per heavy atom. The van der Waals surface area contributed by atoms with Crippen LogP contribution in [0.1, 0.15) is 34.1 Å². The fourth-order valence-corrected chi connectivity index (χ4v) is 4.22. The molecular formula is C18H25N5O2. The Kier molecular flexibility index (Phi) is 4.11. The van der Waals surface area contributed by atoms with Gasteiger partial charge in [-0.1, -0.05) is 5.16 Å². The van der Waals surface area contributed by atoms with Gasteiger partial charge in [-0.2, -0.15) is 0 Å². The van der Waals surface area contributed by atoms with E-state index in [0.29, 0.717) is 17.7 Å². The number of nitrogens with zero attached hydrogens (tertiary/aromatic N) is 5. The zero-order chi connectivity index (χ0) is 17.6. The van der Waals surface area contributed by atoms with Crippen molar-refractivity contribution < 1.29 is 9.32 Å². The maximum Gasteiger partial charge on any atom is 0.289 e. The van der Waals surface area contributed by atoms with E-state index in [9.17, 15) is 4.79 Å². The second-order valence-electron chi connectivity index (χ2n) is 7.42. The van der Waals surface area contributed by atoms with Gasteiger partial charge in [0, 0.05) is 51.2 Å². The highest BCUT2D eigenvalue weighted by molar-refractivity contribution is 5.91. The van der Waals surface area contributed by atoms with Gasteiger partial charge in [0.25, 0.3) is 5.91 Å². The topological polar surface area (TPSA) is 67.4 Å². The fraction of sp³-hybridized carbons (Fsp3) is 0.611. The van der Waals surface area contributed by atoms with Crippen LogP contribution >= 0.6 is 0 Å². The van der Waals surface area contributed by atoms with Crippen LogP contribution in [0.4, 0.5) is 0 Å². The summed E-state index contributed by atoms with van der Waals surface area (Å²) in [7, 11) is 1.87. The third kappa shape index (κ3) is 2.97. The summed E-state index contributed by atoms with van der Waals surface area (Å²) in [6.45, 7) is 8.64. The second kappa shape index (κ2) is 6.29. The summed E-state index contributed by atoms with van der Waals surface area (Å²) in [5.74, 6) is 2.65. The van der Waals surface area contributed by atoms with Crippen LogP contribution in [-0.4, -0.2) is 56.6 Å². The molecule has 2 aromatic rings. The van der Waals surface area contributed by atoms with Crippen LogP contribution in [0.25, 0.3) is 0 Å². The molecule has 2 aromatic heterocycles. The van der Waals surface area contributed by atoms with Crippen LogP contribution in [-0.2, 0) is 13.6 Å². The molecule has 7 heteroatoms. The quantitative estimate of drug-likeness (QED) is 0.847. The summed E-state index contributed by atoms with van der Waals surface area (Å²) in [6.07, 6.45) is 4.64. The minimum atomic E-state index is 0.0548. The van der Waals surface area contributed by atoms with E-state index in [4.69, 9.17) is 4.52 Å². The number of imidazole rings is 1. The summed E-state index contributed by atoms with van der Waals surface area (Å²) in [4.78, 5) is 21.4. The standard InChI is InChI=1S/C18H25N5O2/c1-12-16(13(2)25-20-12)11-22-6-4-14-9-23(10-15(14)8-22)18(24)17-19-5-7-21(17)3/h5,7,14-15H,4,6,8-11H2,1-3H3/t14-,15+/m0/s1. The van der Waals surface area contributed by atoms with E-state index >= 15 is 0 Å². The number of fused-ring (bicyclic) bond motifs is 1. The van der Waals surface area contributed by atoms with Gasteiger partial charge in [-0.25, -0.2) is 4.98 Å². The SMILES string of the molecule is Cc1noc(C)c1CN1CC[C@H]2CN(C(=O)c3nccn3C)C[C@H]2C1. The van der Waals surface area contributed by atoms with Crippen molar-refractivity contribution in [3.63, 3.8) is 0 Å². The molecule has 0 aliphatic carbocycles. The van der Waals surface area contributed by atoms with E-state index in [1.165, 1.54) is 5.56 Å². The van der Waals surface area contributed by atoms with E-state index in [0.717, 1.165) is 50.6 Å². The zero-order valence-electron chi connectivity index (χ0n) is 15.1. The summed E-state index contributed by atoms with van der Waals surface area (Å²) in [6, 6.07) is 0. The lowest BCUT2D eigenvalue weighted by molar-refractivity contribution is 0.0768. The van der Waals surface area contributed by atoms with Gasteiger partial charge < -0.3 is 14.0 Å². The molecule has 2 fully saturated rings. The molecule has 4 rings (SSSR count). The van der Waals surface area contributed by atoms with E-state index in [-0.39, 0.29) is 5.91 Å². The van der Waals surface area contributed by atoms with Crippen LogP contribution in [0.5, 0.6) is 0 Å². The Morgan fingerprint density at radius 3 is 2.76 bits per heavy atom. The number of likely N-dealkylation sites (tertiary alicyclic amines) is 2. The molecule has 0 spiro atoms.